The lowest BCUT2D eigenvalue weighted by Gasteiger charge is -2.13. The van der Waals surface area contributed by atoms with Gasteiger partial charge in [-0.15, -0.1) is 0 Å². The van der Waals surface area contributed by atoms with Crippen LogP contribution in [0, 0.1) is 18.7 Å². The second kappa shape index (κ2) is 10.6. The number of nitrogens with one attached hydrogen (secondary N) is 1. The highest BCUT2D eigenvalue weighted by Gasteiger charge is 2.24. The highest BCUT2D eigenvalue weighted by Crippen LogP contribution is 2.28. The number of rotatable bonds is 9. The zero-order valence-electron chi connectivity index (χ0n) is 19.3. The Morgan fingerprint density at radius 3 is 2.53 bits per heavy atom. The summed E-state index contributed by atoms with van der Waals surface area (Å²) < 4.78 is 52.5. The second-order valence-corrected chi connectivity index (χ2v) is 9.54. The summed E-state index contributed by atoms with van der Waals surface area (Å²) in [6.07, 6.45) is 0. The fraction of sp³-hybridized carbons (Fsp3) is 0.292. The molecule has 180 valence electrons. The van der Waals surface area contributed by atoms with Gasteiger partial charge in [0, 0.05) is 17.3 Å². The number of halogens is 1. The molecule has 1 amide bonds. The summed E-state index contributed by atoms with van der Waals surface area (Å²) in [5, 5.41) is -0.280. The summed E-state index contributed by atoms with van der Waals surface area (Å²) in [6.45, 7) is 7.90. The van der Waals surface area contributed by atoms with Gasteiger partial charge in [-0.2, -0.15) is 8.42 Å². The molecule has 0 atom stereocenters. The normalized spacial score (nSPS) is 11.4. The number of sulfonamides is 1. The van der Waals surface area contributed by atoms with Gasteiger partial charge in [0.25, 0.3) is 15.9 Å². The molecule has 0 fully saturated rings. The Bertz CT molecular complexity index is 1300. The minimum atomic E-state index is -4.21. The molecule has 2 heterocycles. The molecule has 0 bridgehead atoms. The summed E-state index contributed by atoms with van der Waals surface area (Å²) in [5.41, 5.74) is 1.15. The van der Waals surface area contributed by atoms with Gasteiger partial charge in [-0.05, 0) is 56.2 Å². The van der Waals surface area contributed by atoms with Crippen molar-refractivity contribution in [1.29, 1.82) is 0 Å². The van der Waals surface area contributed by atoms with Crippen molar-refractivity contribution in [1.82, 2.24) is 14.7 Å². The average molecular weight is 488 g/mol. The van der Waals surface area contributed by atoms with Crippen LogP contribution in [0.3, 0.4) is 0 Å². The highest BCUT2D eigenvalue weighted by atomic mass is 32.2. The number of pyridine rings is 2. The number of hydrogen-bond donors (Lipinski definition) is 1. The van der Waals surface area contributed by atoms with E-state index in [1.807, 2.05) is 18.6 Å². The quantitative estimate of drug-likeness (QED) is 0.483. The van der Waals surface area contributed by atoms with Crippen LogP contribution in [0.15, 0.2) is 53.6 Å². The highest BCUT2D eigenvalue weighted by molar-refractivity contribution is 7.90. The Kier molecular flexibility index (Phi) is 7.83. The molecule has 3 aromatic rings. The van der Waals surface area contributed by atoms with Crippen LogP contribution in [0.5, 0.6) is 11.6 Å². The molecular weight excluding hydrogens is 461 g/mol. The van der Waals surface area contributed by atoms with E-state index in [1.54, 1.807) is 26.0 Å². The van der Waals surface area contributed by atoms with Crippen molar-refractivity contribution in [3.8, 4) is 22.9 Å². The summed E-state index contributed by atoms with van der Waals surface area (Å²) in [5.74, 6) is -0.903. The number of carbonyl (C=O) groups excluding carboxylic acids is 1. The van der Waals surface area contributed by atoms with Crippen molar-refractivity contribution in [2.45, 2.75) is 32.7 Å². The van der Waals surface area contributed by atoms with Crippen molar-refractivity contribution in [3.05, 3.63) is 65.6 Å². The molecule has 0 radical (unpaired) electrons. The smallest absolute Gasteiger partial charge is 0.281 e. The van der Waals surface area contributed by atoms with Crippen LogP contribution < -0.4 is 14.2 Å². The van der Waals surface area contributed by atoms with Gasteiger partial charge >= 0.3 is 0 Å². The molecule has 34 heavy (non-hydrogen) atoms. The molecule has 3 rings (SSSR count). The van der Waals surface area contributed by atoms with Crippen molar-refractivity contribution < 1.29 is 27.1 Å². The Labute approximate surface area is 198 Å². The molecule has 0 aliphatic carbocycles. The van der Waals surface area contributed by atoms with E-state index < -0.39 is 21.7 Å². The standard InChI is InChI=1S/C24H26FN3O5S/c1-5-32-24-20(23(29)28-34(30,31)22-8-6-7-16(4)26-22)9-10-21(27-24)17-11-18(25)13-19(12-17)33-14-15(2)3/h6-13,15H,5,14H2,1-4H3,(H,28,29). The van der Waals surface area contributed by atoms with Gasteiger partial charge in [0.15, 0.2) is 5.03 Å². The van der Waals surface area contributed by atoms with Gasteiger partial charge in [-0.25, -0.2) is 19.1 Å². The predicted molar refractivity (Wildman–Crippen MR) is 125 cm³/mol. The molecule has 0 unspecified atom stereocenters. The summed E-state index contributed by atoms with van der Waals surface area (Å²) >= 11 is 0. The Morgan fingerprint density at radius 2 is 1.85 bits per heavy atom. The lowest BCUT2D eigenvalue weighted by molar-refractivity contribution is 0.0976. The SMILES string of the molecule is CCOc1nc(-c2cc(F)cc(OCC(C)C)c2)ccc1C(=O)NS(=O)(=O)c1cccc(C)n1. The summed E-state index contributed by atoms with van der Waals surface area (Å²) in [4.78, 5) is 21.1. The molecule has 1 aromatic carbocycles. The van der Waals surface area contributed by atoms with Gasteiger partial charge in [0.2, 0.25) is 5.88 Å². The zero-order valence-corrected chi connectivity index (χ0v) is 20.1. The van der Waals surface area contributed by atoms with E-state index in [-0.39, 0.29) is 29.0 Å². The first-order valence-electron chi connectivity index (χ1n) is 10.7. The fourth-order valence-corrected chi connectivity index (χ4v) is 3.96. The molecule has 0 saturated heterocycles. The Morgan fingerprint density at radius 1 is 1.09 bits per heavy atom. The molecule has 8 nitrogen and oxygen atoms in total. The van der Waals surface area contributed by atoms with Crippen LogP contribution in [0.1, 0.15) is 36.8 Å². The van der Waals surface area contributed by atoms with Gasteiger partial charge in [-0.1, -0.05) is 19.9 Å². The predicted octanol–water partition coefficient (Wildman–Crippen LogP) is 4.14. The van der Waals surface area contributed by atoms with Crippen LogP contribution in [0.4, 0.5) is 4.39 Å². The maximum Gasteiger partial charge on any atom is 0.281 e. The van der Waals surface area contributed by atoms with E-state index >= 15 is 0 Å². The lowest BCUT2D eigenvalue weighted by Crippen LogP contribution is -2.31. The van der Waals surface area contributed by atoms with Crippen LogP contribution in [0.2, 0.25) is 0 Å². The van der Waals surface area contributed by atoms with E-state index in [4.69, 9.17) is 9.47 Å². The number of carbonyl (C=O) groups is 1. The summed E-state index contributed by atoms with van der Waals surface area (Å²) in [7, 11) is -4.21. The van der Waals surface area contributed by atoms with E-state index in [0.29, 0.717) is 29.3 Å². The van der Waals surface area contributed by atoms with Crippen molar-refractivity contribution >= 4 is 15.9 Å². The fourth-order valence-electron chi connectivity index (χ4n) is 2.97. The van der Waals surface area contributed by atoms with Gasteiger partial charge in [-0.3, -0.25) is 4.79 Å². The third-order valence-electron chi connectivity index (χ3n) is 4.50. The van der Waals surface area contributed by atoms with E-state index in [9.17, 15) is 17.6 Å². The number of ether oxygens (including phenoxy) is 2. The zero-order chi connectivity index (χ0) is 24.9. The molecule has 0 spiro atoms. The van der Waals surface area contributed by atoms with Crippen LogP contribution >= 0.6 is 0 Å². The first-order chi connectivity index (χ1) is 16.1. The number of amides is 1. The Hall–Kier alpha value is -3.53. The van der Waals surface area contributed by atoms with Crippen molar-refractivity contribution in [3.63, 3.8) is 0 Å². The topological polar surface area (TPSA) is 107 Å². The third kappa shape index (κ3) is 6.28. The van der Waals surface area contributed by atoms with E-state index in [0.717, 1.165) is 0 Å². The first kappa shape index (κ1) is 25.1. The second-order valence-electron chi connectivity index (χ2n) is 7.91. The minimum absolute atomic E-state index is 0.0844. The van der Waals surface area contributed by atoms with E-state index in [1.165, 1.54) is 36.4 Å². The van der Waals surface area contributed by atoms with Crippen molar-refractivity contribution in [2.75, 3.05) is 13.2 Å². The molecule has 10 heteroatoms. The monoisotopic (exact) mass is 487 g/mol. The van der Waals surface area contributed by atoms with Crippen molar-refractivity contribution in [2.24, 2.45) is 5.92 Å². The molecule has 1 N–H and O–H groups in total. The van der Waals surface area contributed by atoms with Crippen LogP contribution in [-0.4, -0.2) is 37.5 Å². The number of aryl methyl sites for hydroxylation is 1. The van der Waals surface area contributed by atoms with Crippen LogP contribution in [0.25, 0.3) is 11.3 Å². The molecular formula is C24H26FN3O5S. The van der Waals surface area contributed by atoms with Gasteiger partial charge in [0.1, 0.15) is 17.1 Å². The molecule has 0 aliphatic rings. The van der Waals surface area contributed by atoms with Gasteiger partial charge in [0.05, 0.1) is 18.9 Å². The average Bonchev–Trinajstić information content (AvgIpc) is 2.77. The maximum atomic E-state index is 14.2. The van der Waals surface area contributed by atoms with E-state index in [2.05, 4.69) is 9.97 Å². The number of hydrogen-bond acceptors (Lipinski definition) is 7. The molecule has 0 saturated carbocycles. The number of nitrogens with zero attached hydrogens (tertiary/aromatic N) is 2. The number of aromatic nitrogens is 2. The van der Waals surface area contributed by atoms with Gasteiger partial charge < -0.3 is 9.47 Å². The Balaban J connectivity index is 1.92. The maximum absolute atomic E-state index is 14.2. The first-order valence-corrected chi connectivity index (χ1v) is 12.2. The third-order valence-corrected chi connectivity index (χ3v) is 5.73. The molecule has 0 aliphatic heterocycles. The summed E-state index contributed by atoms with van der Waals surface area (Å²) in [6, 6.07) is 11.5. The number of benzene rings is 1. The molecule has 2 aromatic heterocycles. The lowest BCUT2D eigenvalue weighted by atomic mass is 10.1. The largest absolute Gasteiger partial charge is 0.493 e. The van der Waals surface area contributed by atoms with Crippen LogP contribution in [-0.2, 0) is 10.0 Å². The minimum Gasteiger partial charge on any atom is -0.493 e.